The van der Waals surface area contributed by atoms with Crippen LogP contribution in [0.15, 0.2) is 22.8 Å². The van der Waals surface area contributed by atoms with Gasteiger partial charge in [-0.1, -0.05) is 6.42 Å². The van der Waals surface area contributed by atoms with Gasteiger partial charge in [0.15, 0.2) is 0 Å². The molecule has 152 valence electrons. The van der Waals surface area contributed by atoms with Crippen molar-refractivity contribution in [2.24, 2.45) is 0 Å². The van der Waals surface area contributed by atoms with E-state index in [1.807, 2.05) is 19.1 Å². The van der Waals surface area contributed by atoms with Crippen LogP contribution in [0.3, 0.4) is 0 Å². The Bertz CT molecular complexity index is 764. The highest BCUT2D eigenvalue weighted by atomic mass is 16.3. The Morgan fingerprint density at radius 2 is 2.04 bits per heavy atom. The van der Waals surface area contributed by atoms with Crippen molar-refractivity contribution in [2.75, 3.05) is 26.2 Å². The lowest BCUT2D eigenvalue weighted by Gasteiger charge is -2.37. The monoisotopic (exact) mass is 386 g/mol. The summed E-state index contributed by atoms with van der Waals surface area (Å²) in [5, 5.41) is 11.8. The van der Waals surface area contributed by atoms with Gasteiger partial charge in [-0.25, -0.2) is 0 Å². The molecular weight excluding hydrogens is 356 g/mol. The Morgan fingerprint density at radius 1 is 1.18 bits per heavy atom. The van der Waals surface area contributed by atoms with Gasteiger partial charge in [-0.15, -0.1) is 10.2 Å². The van der Waals surface area contributed by atoms with Gasteiger partial charge in [-0.05, 0) is 31.9 Å². The SMILES string of the molecule is C[C@@H](C(=O)NCc1ccco1)N1CCN(Cc2nnc3n2CCCCC3)CC1. The van der Waals surface area contributed by atoms with Crippen LogP contribution in [-0.2, 0) is 30.8 Å². The summed E-state index contributed by atoms with van der Waals surface area (Å²) in [6.45, 7) is 7.97. The molecule has 1 amide bonds. The van der Waals surface area contributed by atoms with Crippen LogP contribution in [0.25, 0.3) is 0 Å². The zero-order chi connectivity index (χ0) is 19.3. The fourth-order valence-corrected chi connectivity index (χ4v) is 4.07. The minimum Gasteiger partial charge on any atom is -0.467 e. The molecular formula is C20H30N6O2. The van der Waals surface area contributed by atoms with Crippen LogP contribution in [0.1, 0.15) is 43.6 Å². The summed E-state index contributed by atoms with van der Waals surface area (Å²) in [6.07, 6.45) is 6.39. The number of rotatable bonds is 6. The minimum absolute atomic E-state index is 0.0487. The van der Waals surface area contributed by atoms with E-state index in [4.69, 9.17) is 4.42 Å². The van der Waals surface area contributed by atoms with Gasteiger partial charge in [-0.2, -0.15) is 0 Å². The maximum absolute atomic E-state index is 12.4. The fraction of sp³-hybridized carbons (Fsp3) is 0.650. The number of piperazine rings is 1. The third-order valence-electron chi connectivity index (χ3n) is 5.90. The van der Waals surface area contributed by atoms with Crippen LogP contribution in [0.5, 0.6) is 0 Å². The van der Waals surface area contributed by atoms with E-state index in [1.54, 1.807) is 6.26 Å². The first-order valence-electron chi connectivity index (χ1n) is 10.4. The molecule has 1 saturated heterocycles. The van der Waals surface area contributed by atoms with E-state index >= 15 is 0 Å². The van der Waals surface area contributed by atoms with E-state index in [9.17, 15) is 4.79 Å². The molecule has 4 rings (SSSR count). The van der Waals surface area contributed by atoms with Crippen LogP contribution >= 0.6 is 0 Å². The molecule has 1 fully saturated rings. The first-order valence-corrected chi connectivity index (χ1v) is 10.4. The van der Waals surface area contributed by atoms with Crippen molar-refractivity contribution < 1.29 is 9.21 Å². The van der Waals surface area contributed by atoms with Gasteiger partial charge < -0.3 is 14.3 Å². The number of amides is 1. The molecule has 28 heavy (non-hydrogen) atoms. The molecule has 4 heterocycles. The smallest absolute Gasteiger partial charge is 0.237 e. The average Bonchev–Trinajstić information content (AvgIpc) is 3.31. The van der Waals surface area contributed by atoms with Crippen LogP contribution < -0.4 is 5.32 Å². The zero-order valence-corrected chi connectivity index (χ0v) is 16.6. The van der Waals surface area contributed by atoms with Gasteiger partial charge >= 0.3 is 0 Å². The average molecular weight is 387 g/mol. The van der Waals surface area contributed by atoms with Crippen molar-refractivity contribution in [3.63, 3.8) is 0 Å². The Morgan fingerprint density at radius 3 is 2.82 bits per heavy atom. The van der Waals surface area contributed by atoms with Crippen molar-refractivity contribution in [1.29, 1.82) is 0 Å². The predicted octanol–water partition coefficient (Wildman–Crippen LogP) is 1.42. The first kappa shape index (κ1) is 19.1. The summed E-state index contributed by atoms with van der Waals surface area (Å²) in [4.78, 5) is 17.1. The van der Waals surface area contributed by atoms with Crippen molar-refractivity contribution in [2.45, 2.75) is 58.3 Å². The molecule has 0 aromatic carbocycles. The molecule has 8 nitrogen and oxygen atoms in total. The number of furan rings is 1. The highest BCUT2D eigenvalue weighted by molar-refractivity contribution is 5.81. The van der Waals surface area contributed by atoms with Gasteiger partial charge in [0.05, 0.1) is 25.4 Å². The number of carbonyl (C=O) groups excluding carboxylic acids is 1. The van der Waals surface area contributed by atoms with Crippen LogP contribution in [0.4, 0.5) is 0 Å². The molecule has 2 aliphatic rings. The number of carbonyl (C=O) groups is 1. The van der Waals surface area contributed by atoms with E-state index in [-0.39, 0.29) is 11.9 Å². The molecule has 2 aromatic rings. The molecule has 0 saturated carbocycles. The number of fused-ring (bicyclic) bond motifs is 1. The van der Waals surface area contributed by atoms with Crippen molar-refractivity contribution >= 4 is 5.91 Å². The summed E-state index contributed by atoms with van der Waals surface area (Å²) in [6, 6.07) is 3.56. The van der Waals surface area contributed by atoms with Crippen molar-refractivity contribution in [1.82, 2.24) is 29.9 Å². The lowest BCUT2D eigenvalue weighted by molar-refractivity contribution is -0.126. The molecule has 8 heteroatoms. The molecule has 0 bridgehead atoms. The van der Waals surface area contributed by atoms with Crippen LogP contribution in [0.2, 0.25) is 0 Å². The normalized spacial score (nSPS) is 19.8. The summed E-state index contributed by atoms with van der Waals surface area (Å²) in [5.74, 6) is 3.06. The number of nitrogens with one attached hydrogen (secondary N) is 1. The maximum Gasteiger partial charge on any atom is 0.237 e. The molecule has 2 aliphatic heterocycles. The van der Waals surface area contributed by atoms with Crippen molar-refractivity contribution in [3.8, 4) is 0 Å². The van der Waals surface area contributed by atoms with Gasteiger partial charge in [0, 0.05) is 39.1 Å². The first-order chi connectivity index (χ1) is 13.7. The van der Waals surface area contributed by atoms with E-state index in [1.165, 1.54) is 19.3 Å². The van der Waals surface area contributed by atoms with Gasteiger partial charge in [0.2, 0.25) is 5.91 Å². The maximum atomic E-state index is 12.4. The molecule has 0 radical (unpaired) electrons. The number of hydrogen-bond acceptors (Lipinski definition) is 6. The Balaban J connectivity index is 1.25. The third-order valence-corrected chi connectivity index (χ3v) is 5.90. The summed E-state index contributed by atoms with van der Waals surface area (Å²) in [7, 11) is 0. The number of aromatic nitrogens is 3. The van der Waals surface area contributed by atoms with E-state index in [2.05, 4.69) is 29.9 Å². The predicted molar refractivity (Wildman–Crippen MR) is 104 cm³/mol. The zero-order valence-electron chi connectivity index (χ0n) is 16.6. The van der Waals surface area contributed by atoms with E-state index in [0.29, 0.717) is 6.54 Å². The highest BCUT2D eigenvalue weighted by Crippen LogP contribution is 2.16. The molecule has 0 aliphatic carbocycles. The van der Waals surface area contributed by atoms with Gasteiger partial charge in [0.1, 0.15) is 17.4 Å². The largest absolute Gasteiger partial charge is 0.467 e. The lowest BCUT2D eigenvalue weighted by atomic mass is 10.2. The second-order valence-electron chi connectivity index (χ2n) is 7.78. The van der Waals surface area contributed by atoms with Gasteiger partial charge in [0.25, 0.3) is 0 Å². The van der Waals surface area contributed by atoms with Crippen LogP contribution in [0, 0.1) is 0 Å². The fourth-order valence-electron chi connectivity index (χ4n) is 4.07. The van der Waals surface area contributed by atoms with E-state index in [0.717, 1.165) is 63.1 Å². The topological polar surface area (TPSA) is 79.4 Å². The molecule has 2 aromatic heterocycles. The highest BCUT2D eigenvalue weighted by Gasteiger charge is 2.26. The summed E-state index contributed by atoms with van der Waals surface area (Å²) < 4.78 is 7.60. The second-order valence-corrected chi connectivity index (χ2v) is 7.78. The second kappa shape index (κ2) is 8.87. The van der Waals surface area contributed by atoms with Gasteiger partial charge in [-0.3, -0.25) is 14.6 Å². The number of nitrogens with zero attached hydrogens (tertiary/aromatic N) is 5. The lowest BCUT2D eigenvalue weighted by Crippen LogP contribution is -2.53. The number of aryl methyl sites for hydroxylation is 1. The molecule has 0 unspecified atom stereocenters. The van der Waals surface area contributed by atoms with E-state index < -0.39 is 0 Å². The number of hydrogen-bond donors (Lipinski definition) is 1. The molecule has 0 spiro atoms. The quantitative estimate of drug-likeness (QED) is 0.809. The Labute approximate surface area is 165 Å². The molecule has 1 N–H and O–H groups in total. The standard InChI is InChI=1S/C20H30N6O2/c1-16(20(27)21-14-17-6-5-13-28-17)25-11-9-24(10-12-25)15-19-23-22-18-7-3-2-4-8-26(18)19/h5-6,13,16H,2-4,7-12,14-15H2,1H3,(H,21,27)/t16-/m0/s1. The summed E-state index contributed by atoms with van der Waals surface area (Å²) >= 11 is 0. The Hall–Kier alpha value is -2.19. The Kier molecular flexibility index (Phi) is 6.07. The summed E-state index contributed by atoms with van der Waals surface area (Å²) in [5.41, 5.74) is 0. The van der Waals surface area contributed by atoms with Crippen molar-refractivity contribution in [3.05, 3.63) is 35.8 Å². The van der Waals surface area contributed by atoms with Crippen LogP contribution in [-0.4, -0.2) is 62.7 Å². The minimum atomic E-state index is -0.138. The third kappa shape index (κ3) is 4.44. The molecule has 1 atom stereocenters.